The molecule has 2 nitrogen and oxygen atoms in total. The van der Waals surface area contributed by atoms with Gasteiger partial charge in [-0.3, -0.25) is 4.79 Å². The molecule has 4 heteroatoms. The zero-order chi connectivity index (χ0) is 15.2. The van der Waals surface area contributed by atoms with Crippen LogP contribution in [0.15, 0.2) is 48.5 Å². The van der Waals surface area contributed by atoms with E-state index in [1.165, 1.54) is 12.1 Å². The Morgan fingerprint density at radius 1 is 1.24 bits per heavy atom. The third kappa shape index (κ3) is 4.87. The standard InChI is InChI=1S/C17H17ClFNO/c1-12(9-14-6-2-3-8-16(14)18)20-17(21)11-13-5-4-7-15(19)10-13/h2-8,10,12H,9,11H2,1H3,(H,20,21)/t12-/m1/s1. The quantitative estimate of drug-likeness (QED) is 0.895. The van der Waals surface area contributed by atoms with E-state index >= 15 is 0 Å². The van der Waals surface area contributed by atoms with Gasteiger partial charge in [0.2, 0.25) is 5.91 Å². The van der Waals surface area contributed by atoms with Gasteiger partial charge in [0.1, 0.15) is 5.82 Å². The van der Waals surface area contributed by atoms with Crippen LogP contribution in [0, 0.1) is 5.82 Å². The van der Waals surface area contributed by atoms with Crippen molar-refractivity contribution in [2.45, 2.75) is 25.8 Å². The number of amides is 1. The summed E-state index contributed by atoms with van der Waals surface area (Å²) in [7, 11) is 0. The van der Waals surface area contributed by atoms with Gasteiger partial charge < -0.3 is 5.32 Å². The largest absolute Gasteiger partial charge is 0.353 e. The maximum absolute atomic E-state index is 13.1. The zero-order valence-corrected chi connectivity index (χ0v) is 12.5. The van der Waals surface area contributed by atoms with Crippen LogP contribution in [0.4, 0.5) is 4.39 Å². The Morgan fingerprint density at radius 2 is 2.00 bits per heavy atom. The van der Waals surface area contributed by atoms with E-state index in [1.54, 1.807) is 12.1 Å². The Labute approximate surface area is 128 Å². The summed E-state index contributed by atoms with van der Waals surface area (Å²) >= 11 is 6.10. The highest BCUT2D eigenvalue weighted by Gasteiger charge is 2.10. The second-order valence-corrected chi connectivity index (χ2v) is 5.48. The number of carbonyl (C=O) groups excluding carboxylic acids is 1. The third-order valence-corrected chi connectivity index (χ3v) is 3.51. The van der Waals surface area contributed by atoms with E-state index in [4.69, 9.17) is 11.6 Å². The van der Waals surface area contributed by atoms with Gasteiger partial charge in [0.15, 0.2) is 0 Å². The molecule has 0 spiro atoms. The Balaban J connectivity index is 1.89. The minimum absolute atomic E-state index is 0.0361. The fraction of sp³-hybridized carbons (Fsp3) is 0.235. The van der Waals surface area contributed by atoms with Crippen LogP contribution < -0.4 is 5.32 Å². The predicted octanol–water partition coefficient (Wildman–Crippen LogP) is 3.77. The first-order valence-electron chi connectivity index (χ1n) is 6.82. The van der Waals surface area contributed by atoms with Crippen molar-refractivity contribution in [1.82, 2.24) is 5.32 Å². The third-order valence-electron chi connectivity index (χ3n) is 3.15. The van der Waals surface area contributed by atoms with Gasteiger partial charge in [0.25, 0.3) is 0 Å². The van der Waals surface area contributed by atoms with Gasteiger partial charge in [-0.15, -0.1) is 0 Å². The summed E-state index contributed by atoms with van der Waals surface area (Å²) < 4.78 is 13.1. The summed E-state index contributed by atoms with van der Waals surface area (Å²) in [5.41, 5.74) is 1.66. The van der Waals surface area contributed by atoms with Crippen LogP contribution in [0.5, 0.6) is 0 Å². The summed E-state index contributed by atoms with van der Waals surface area (Å²) in [5, 5.41) is 3.60. The molecule has 0 aliphatic carbocycles. The van der Waals surface area contributed by atoms with Gasteiger partial charge in [-0.2, -0.15) is 0 Å². The van der Waals surface area contributed by atoms with Crippen molar-refractivity contribution in [1.29, 1.82) is 0 Å². The molecule has 0 aliphatic heterocycles. The molecule has 1 N–H and O–H groups in total. The van der Waals surface area contributed by atoms with Crippen LogP contribution in [0.2, 0.25) is 5.02 Å². The van der Waals surface area contributed by atoms with Crippen LogP contribution >= 0.6 is 11.6 Å². The Bertz CT molecular complexity index is 630. The lowest BCUT2D eigenvalue weighted by molar-refractivity contribution is -0.121. The van der Waals surface area contributed by atoms with Crippen molar-refractivity contribution in [2.75, 3.05) is 0 Å². The molecule has 21 heavy (non-hydrogen) atoms. The van der Waals surface area contributed by atoms with Crippen LogP contribution in [0.1, 0.15) is 18.1 Å². The second-order valence-electron chi connectivity index (χ2n) is 5.07. The molecule has 0 fully saturated rings. The number of carbonyl (C=O) groups is 1. The number of hydrogen-bond donors (Lipinski definition) is 1. The normalized spacial score (nSPS) is 12.0. The minimum atomic E-state index is -0.329. The first-order valence-corrected chi connectivity index (χ1v) is 7.19. The van der Waals surface area contributed by atoms with E-state index in [2.05, 4.69) is 5.32 Å². The second kappa shape index (κ2) is 7.23. The molecule has 110 valence electrons. The first kappa shape index (κ1) is 15.5. The lowest BCUT2D eigenvalue weighted by Crippen LogP contribution is -2.35. The summed E-state index contributed by atoms with van der Waals surface area (Å²) in [6.07, 6.45) is 0.833. The smallest absolute Gasteiger partial charge is 0.224 e. The monoisotopic (exact) mass is 305 g/mol. The van der Waals surface area contributed by atoms with Crippen LogP contribution in [-0.2, 0) is 17.6 Å². The molecule has 2 aromatic rings. The van der Waals surface area contributed by atoms with Gasteiger partial charge in [-0.05, 0) is 42.7 Å². The highest BCUT2D eigenvalue weighted by atomic mass is 35.5. The fourth-order valence-corrected chi connectivity index (χ4v) is 2.42. The fourth-order valence-electron chi connectivity index (χ4n) is 2.20. The summed E-state index contributed by atoms with van der Waals surface area (Å²) in [5.74, 6) is -0.454. The highest BCUT2D eigenvalue weighted by Crippen LogP contribution is 2.16. The Morgan fingerprint density at radius 3 is 2.71 bits per heavy atom. The van der Waals surface area contributed by atoms with E-state index in [0.29, 0.717) is 17.0 Å². The van der Waals surface area contributed by atoms with Crippen LogP contribution in [0.3, 0.4) is 0 Å². The zero-order valence-electron chi connectivity index (χ0n) is 11.8. The average molecular weight is 306 g/mol. The molecule has 0 saturated carbocycles. The topological polar surface area (TPSA) is 29.1 Å². The first-order chi connectivity index (χ1) is 10.0. The van der Waals surface area contributed by atoms with Gasteiger partial charge in [0.05, 0.1) is 6.42 Å². The molecule has 0 aliphatic rings. The number of benzene rings is 2. The van der Waals surface area contributed by atoms with Crippen molar-refractivity contribution in [2.24, 2.45) is 0 Å². The molecule has 0 saturated heterocycles. The van der Waals surface area contributed by atoms with Crippen molar-refractivity contribution >= 4 is 17.5 Å². The number of hydrogen-bond acceptors (Lipinski definition) is 1. The molecule has 0 radical (unpaired) electrons. The van der Waals surface area contributed by atoms with Gasteiger partial charge in [0, 0.05) is 11.1 Å². The van der Waals surface area contributed by atoms with Gasteiger partial charge in [-0.1, -0.05) is 41.9 Å². The Kier molecular flexibility index (Phi) is 5.34. The molecule has 2 aromatic carbocycles. The Hall–Kier alpha value is -1.87. The lowest BCUT2D eigenvalue weighted by atomic mass is 10.1. The summed E-state index contributed by atoms with van der Waals surface area (Å²) in [6.45, 7) is 1.92. The molecule has 0 aromatic heterocycles. The van der Waals surface area contributed by atoms with Gasteiger partial charge in [-0.25, -0.2) is 4.39 Å². The molecule has 0 bridgehead atoms. The molecule has 2 rings (SSSR count). The van der Waals surface area contributed by atoms with Crippen molar-refractivity contribution in [3.05, 3.63) is 70.5 Å². The maximum Gasteiger partial charge on any atom is 0.224 e. The van der Waals surface area contributed by atoms with E-state index in [0.717, 1.165) is 5.56 Å². The molecular weight excluding hydrogens is 289 g/mol. The summed E-state index contributed by atoms with van der Waals surface area (Å²) in [4.78, 5) is 11.9. The predicted molar refractivity (Wildman–Crippen MR) is 82.9 cm³/mol. The number of rotatable bonds is 5. The number of nitrogens with one attached hydrogen (secondary N) is 1. The van der Waals surface area contributed by atoms with Crippen molar-refractivity contribution < 1.29 is 9.18 Å². The number of halogens is 2. The van der Waals surface area contributed by atoms with Crippen LogP contribution in [-0.4, -0.2) is 11.9 Å². The molecule has 0 heterocycles. The average Bonchev–Trinajstić information content (AvgIpc) is 2.41. The minimum Gasteiger partial charge on any atom is -0.353 e. The van der Waals surface area contributed by atoms with E-state index in [-0.39, 0.29) is 24.2 Å². The highest BCUT2D eigenvalue weighted by molar-refractivity contribution is 6.31. The van der Waals surface area contributed by atoms with Crippen molar-refractivity contribution in [3.63, 3.8) is 0 Å². The van der Waals surface area contributed by atoms with E-state index in [1.807, 2.05) is 31.2 Å². The molecule has 0 unspecified atom stereocenters. The van der Waals surface area contributed by atoms with E-state index < -0.39 is 0 Å². The van der Waals surface area contributed by atoms with Crippen molar-refractivity contribution in [3.8, 4) is 0 Å². The lowest BCUT2D eigenvalue weighted by Gasteiger charge is -2.15. The summed E-state index contributed by atoms with van der Waals surface area (Å²) in [6, 6.07) is 13.6. The molecular formula is C17H17ClFNO. The maximum atomic E-state index is 13.1. The van der Waals surface area contributed by atoms with Gasteiger partial charge >= 0.3 is 0 Å². The molecule has 1 atom stereocenters. The molecule has 1 amide bonds. The van der Waals surface area contributed by atoms with Crippen LogP contribution in [0.25, 0.3) is 0 Å². The SMILES string of the molecule is C[C@H](Cc1ccccc1Cl)NC(=O)Cc1cccc(F)c1. The van der Waals surface area contributed by atoms with E-state index in [9.17, 15) is 9.18 Å².